The number of aromatic hydroxyl groups is 1. The number of ether oxygens (including phenoxy) is 10. The Kier molecular flexibility index (Phi) is 28.5. The third-order valence-corrected chi connectivity index (χ3v) is 13.2. The number of amides is 1. The predicted molar refractivity (Wildman–Crippen MR) is 304 cm³/mol. The van der Waals surface area contributed by atoms with Gasteiger partial charge in [0, 0.05) is 73.3 Å². The van der Waals surface area contributed by atoms with Gasteiger partial charge in [0.05, 0.1) is 111 Å². The van der Waals surface area contributed by atoms with E-state index in [-0.39, 0.29) is 12.5 Å². The summed E-state index contributed by atoms with van der Waals surface area (Å²) >= 11 is 0. The number of rotatable bonds is 34. The first kappa shape index (κ1) is 63.3. The maximum Gasteiger partial charge on any atom is 0.340 e. The van der Waals surface area contributed by atoms with Gasteiger partial charge in [0.2, 0.25) is 0 Å². The molecule has 2 aliphatic heterocycles. The Morgan fingerprint density at radius 3 is 1.65 bits per heavy atom. The second-order valence-corrected chi connectivity index (χ2v) is 19.5. The van der Waals surface area contributed by atoms with E-state index in [2.05, 4.69) is 31.4 Å². The monoisotopic (exact) mass is 1080 g/mol. The van der Waals surface area contributed by atoms with Crippen LogP contribution in [-0.2, 0) is 54.7 Å². The highest BCUT2D eigenvalue weighted by atomic mass is 16.6. The molecule has 0 aromatic heterocycles. The summed E-state index contributed by atoms with van der Waals surface area (Å²) in [5.41, 5.74) is 7.60. The standard InChI is InChI=1S/C55H71N3O13.C5H12.C2H6/c1-40-7-14-48-51(37-40)70-52-39-44(58(2)3)11-16-49(52)55(48)47-15-10-43(38-46(47)54(61)71-55)53(60)57-20-22-63-24-26-65-28-30-67-32-34-69-36-35-68-33-31-66-29-27-64-25-23-62-21-18-50(42-5-4-6-42)56-19-17-41-8-12-45(59)13-9-41;1-4-5(2)3;1-2/h7-16,37-39,56,59H,4-6,17-36H2,1-3H3,(H,57,60);5H,4H2,1-3H3;1-2H3. The highest BCUT2D eigenvalue weighted by molar-refractivity contribution is 6.01. The molecule has 4 aromatic carbocycles. The molecule has 1 spiro atoms. The van der Waals surface area contributed by atoms with Crippen LogP contribution in [0.4, 0.5) is 5.69 Å². The number of hydrogen-bond acceptors (Lipinski definition) is 15. The molecule has 1 saturated carbocycles. The number of phenolic OH excluding ortho intramolecular Hbond substituents is 1. The zero-order chi connectivity index (χ0) is 56.0. The number of nitrogens with one attached hydrogen (secondary N) is 2. The molecule has 4 aromatic rings. The Morgan fingerprint density at radius 2 is 1.14 bits per heavy atom. The maximum atomic E-state index is 13.5. The molecule has 7 rings (SSSR count). The van der Waals surface area contributed by atoms with Gasteiger partial charge in [-0.2, -0.15) is 0 Å². The Labute approximate surface area is 464 Å². The molecule has 0 bridgehead atoms. The number of anilines is 1. The number of fused-ring (bicyclic) bond motifs is 6. The molecule has 2 heterocycles. The van der Waals surface area contributed by atoms with Crippen LogP contribution in [0.1, 0.15) is 115 Å². The number of esters is 1. The molecule has 78 heavy (non-hydrogen) atoms. The third kappa shape index (κ3) is 20.0. The first-order valence-electron chi connectivity index (χ1n) is 28.1. The van der Waals surface area contributed by atoms with Gasteiger partial charge >= 0.3 is 5.97 Å². The third-order valence-electron chi connectivity index (χ3n) is 13.2. The van der Waals surface area contributed by atoms with Gasteiger partial charge in [-0.3, -0.25) is 4.79 Å². The van der Waals surface area contributed by atoms with Crippen LogP contribution in [0.15, 0.2) is 90.1 Å². The molecule has 430 valence electrons. The quantitative estimate of drug-likeness (QED) is 0.0298. The lowest BCUT2D eigenvalue weighted by Crippen LogP contribution is -2.33. The van der Waals surface area contributed by atoms with Gasteiger partial charge in [-0.25, -0.2) is 4.79 Å². The molecule has 1 amide bonds. The average Bonchev–Trinajstić information content (AvgIpc) is 3.97. The summed E-state index contributed by atoms with van der Waals surface area (Å²) in [6.07, 6.45) is 6.69. The van der Waals surface area contributed by atoms with Crippen molar-refractivity contribution in [2.75, 3.05) is 138 Å². The van der Waals surface area contributed by atoms with Crippen LogP contribution < -0.4 is 20.3 Å². The minimum atomic E-state index is -1.21. The van der Waals surface area contributed by atoms with Gasteiger partial charge in [0.1, 0.15) is 17.2 Å². The first-order valence-corrected chi connectivity index (χ1v) is 28.1. The number of allylic oxidation sites excluding steroid dienone is 1. The van der Waals surface area contributed by atoms with E-state index in [1.54, 1.807) is 30.3 Å². The zero-order valence-corrected chi connectivity index (χ0v) is 47.8. The molecule has 1 fully saturated rings. The van der Waals surface area contributed by atoms with Crippen LogP contribution >= 0.6 is 0 Å². The van der Waals surface area contributed by atoms with E-state index in [0.717, 1.165) is 47.7 Å². The van der Waals surface area contributed by atoms with E-state index < -0.39 is 11.6 Å². The van der Waals surface area contributed by atoms with E-state index in [1.165, 1.54) is 42.5 Å². The fourth-order valence-electron chi connectivity index (χ4n) is 8.46. The van der Waals surface area contributed by atoms with Crippen molar-refractivity contribution in [2.24, 2.45) is 5.92 Å². The number of nitrogens with zero attached hydrogens (tertiary/aromatic N) is 1. The van der Waals surface area contributed by atoms with Crippen LogP contribution in [-0.4, -0.2) is 150 Å². The van der Waals surface area contributed by atoms with Crippen molar-refractivity contribution in [1.29, 1.82) is 0 Å². The fourth-order valence-corrected chi connectivity index (χ4v) is 8.46. The largest absolute Gasteiger partial charge is 0.508 e. The van der Waals surface area contributed by atoms with Crippen LogP contribution in [0, 0.1) is 12.8 Å². The van der Waals surface area contributed by atoms with Crippen molar-refractivity contribution in [3.8, 4) is 17.2 Å². The Bertz CT molecular complexity index is 2420. The number of hydrogen-bond donors (Lipinski definition) is 3. The summed E-state index contributed by atoms with van der Waals surface area (Å²) in [6, 6.07) is 24.2. The van der Waals surface area contributed by atoms with E-state index >= 15 is 0 Å². The zero-order valence-electron chi connectivity index (χ0n) is 47.8. The second kappa shape index (κ2) is 35.1. The molecular weight excluding hydrogens is 995 g/mol. The lowest BCUT2D eigenvalue weighted by molar-refractivity contribution is -0.0229. The van der Waals surface area contributed by atoms with E-state index in [1.807, 2.05) is 88.3 Å². The normalized spacial score (nSPS) is 14.7. The average molecular weight is 1080 g/mol. The van der Waals surface area contributed by atoms with Crippen molar-refractivity contribution in [2.45, 2.75) is 85.7 Å². The summed E-state index contributed by atoms with van der Waals surface area (Å²) in [7, 11) is 3.92. The summed E-state index contributed by atoms with van der Waals surface area (Å²) in [5.74, 6) is 1.59. The molecule has 1 unspecified atom stereocenters. The highest BCUT2D eigenvalue weighted by Crippen LogP contribution is 2.56. The maximum absolute atomic E-state index is 13.5. The number of phenols is 1. The Balaban J connectivity index is 0.00000151. The minimum absolute atomic E-state index is 0.288. The Morgan fingerprint density at radius 1 is 0.641 bits per heavy atom. The molecule has 0 saturated heterocycles. The van der Waals surface area contributed by atoms with Crippen LogP contribution in [0.5, 0.6) is 17.2 Å². The number of aryl methyl sites for hydroxylation is 1. The van der Waals surface area contributed by atoms with E-state index in [9.17, 15) is 14.7 Å². The first-order chi connectivity index (χ1) is 38.0. The van der Waals surface area contributed by atoms with Gasteiger partial charge in [-0.15, -0.1) is 0 Å². The van der Waals surface area contributed by atoms with Crippen molar-refractivity contribution in [1.82, 2.24) is 10.6 Å². The van der Waals surface area contributed by atoms with E-state index in [4.69, 9.17) is 47.4 Å². The summed E-state index contributed by atoms with van der Waals surface area (Å²) in [6.45, 7) is 21.3. The molecule has 16 nitrogen and oxygen atoms in total. The van der Waals surface area contributed by atoms with Gasteiger partial charge in [0.15, 0.2) is 5.60 Å². The Hall–Kier alpha value is -5.56. The number of carbonyl (C=O) groups excluding carboxylic acids is 2. The lowest BCUT2D eigenvalue weighted by atomic mass is 9.77. The van der Waals surface area contributed by atoms with Gasteiger partial charge < -0.3 is 68.0 Å². The fraction of sp³-hybridized carbons (Fsp3) is 0.548. The summed E-state index contributed by atoms with van der Waals surface area (Å²) in [5, 5.41) is 16.0. The summed E-state index contributed by atoms with van der Waals surface area (Å²) < 4.78 is 57.6. The van der Waals surface area contributed by atoms with Crippen molar-refractivity contribution < 1.29 is 62.1 Å². The molecule has 3 aliphatic rings. The highest BCUT2D eigenvalue weighted by Gasteiger charge is 2.53. The molecular formula is C62H89N3O13. The van der Waals surface area contributed by atoms with Crippen molar-refractivity contribution >= 4 is 17.6 Å². The van der Waals surface area contributed by atoms with Gasteiger partial charge in [0.25, 0.3) is 5.91 Å². The van der Waals surface area contributed by atoms with Crippen LogP contribution in [0.3, 0.4) is 0 Å². The predicted octanol–water partition coefficient (Wildman–Crippen LogP) is 9.94. The molecule has 16 heteroatoms. The summed E-state index contributed by atoms with van der Waals surface area (Å²) in [4.78, 5) is 28.7. The second-order valence-electron chi connectivity index (χ2n) is 19.5. The smallest absolute Gasteiger partial charge is 0.340 e. The number of carbonyl (C=O) groups is 2. The molecule has 1 atom stereocenters. The van der Waals surface area contributed by atoms with E-state index in [0.29, 0.717) is 140 Å². The number of benzene rings is 4. The van der Waals surface area contributed by atoms with Crippen molar-refractivity contribution in [3.05, 3.63) is 129 Å². The van der Waals surface area contributed by atoms with Gasteiger partial charge in [-0.05, 0) is 92.1 Å². The molecule has 3 N–H and O–H groups in total. The van der Waals surface area contributed by atoms with Crippen LogP contribution in [0.25, 0.3) is 0 Å². The van der Waals surface area contributed by atoms with Gasteiger partial charge in [-0.1, -0.05) is 76.9 Å². The van der Waals surface area contributed by atoms with Crippen LogP contribution in [0.2, 0.25) is 0 Å². The molecule has 0 radical (unpaired) electrons. The lowest BCUT2D eigenvalue weighted by Gasteiger charge is -2.37. The SMILES string of the molecule is CC.CCC(C)C.Cc1ccc2c(c1)Oc1cc(N(C)C)ccc1C21OC(=O)c2cc(C(=O)NCCOCCOCCOCCOCCOCCOCCOCCOCCC(NCCc3ccc(O)cc3)=C3CCC3)ccc21. The van der Waals surface area contributed by atoms with Crippen molar-refractivity contribution in [3.63, 3.8) is 0 Å². The molecule has 1 aliphatic carbocycles. The topological polar surface area (TPSA) is 174 Å². The minimum Gasteiger partial charge on any atom is -0.508 e.